The maximum atomic E-state index is 12.4. The maximum absolute atomic E-state index is 12.4. The molecule has 1 saturated carbocycles. The van der Waals surface area contributed by atoms with Gasteiger partial charge in [-0.2, -0.15) is 0 Å². The van der Waals surface area contributed by atoms with E-state index in [0.29, 0.717) is 24.8 Å². The molecule has 20 heavy (non-hydrogen) atoms. The van der Waals surface area contributed by atoms with Gasteiger partial charge in [0.05, 0.1) is 12.3 Å². The summed E-state index contributed by atoms with van der Waals surface area (Å²) in [6, 6.07) is 6.83. The Hall–Kier alpha value is -2.17. The molecule has 0 bridgehead atoms. The average Bonchev–Trinajstić information content (AvgIpc) is 2.88. The fourth-order valence-electron chi connectivity index (χ4n) is 3.16. The van der Waals surface area contributed by atoms with Gasteiger partial charge in [-0.1, -0.05) is 18.2 Å². The van der Waals surface area contributed by atoms with Crippen LogP contribution in [0.4, 0.5) is 0 Å². The highest BCUT2D eigenvalue weighted by Crippen LogP contribution is 2.33. The van der Waals surface area contributed by atoms with E-state index in [2.05, 4.69) is 0 Å². The first kappa shape index (κ1) is 12.8. The van der Waals surface area contributed by atoms with E-state index in [1.807, 2.05) is 6.07 Å². The standard InChI is InChI=1S/C15H15NO4/c17-13-8-9-3-1-2-4-12(9)14(18)16(13)11-6-5-10(7-11)15(19)20/h1-4,10-11H,5-8H2,(H,19,20). The number of hydrogen-bond donors (Lipinski definition) is 1. The SMILES string of the molecule is O=C(O)C1CCC(N2C(=O)Cc3ccccc3C2=O)C1. The number of amides is 2. The molecule has 2 aliphatic rings. The predicted molar refractivity (Wildman–Crippen MR) is 70.1 cm³/mol. The molecule has 0 saturated heterocycles. The fourth-order valence-corrected chi connectivity index (χ4v) is 3.16. The highest BCUT2D eigenvalue weighted by molar-refractivity contribution is 6.10. The smallest absolute Gasteiger partial charge is 0.306 e. The molecule has 1 N–H and O–H groups in total. The minimum absolute atomic E-state index is 0.218. The molecule has 3 rings (SSSR count). The molecule has 0 spiro atoms. The van der Waals surface area contributed by atoms with E-state index in [1.54, 1.807) is 18.2 Å². The van der Waals surface area contributed by atoms with Crippen LogP contribution in [0, 0.1) is 5.92 Å². The summed E-state index contributed by atoms with van der Waals surface area (Å²) >= 11 is 0. The van der Waals surface area contributed by atoms with Crippen LogP contribution in [0.1, 0.15) is 35.2 Å². The number of carboxylic acids is 1. The van der Waals surface area contributed by atoms with Gasteiger partial charge in [0.1, 0.15) is 0 Å². The fraction of sp³-hybridized carbons (Fsp3) is 0.400. The van der Waals surface area contributed by atoms with Crippen LogP contribution < -0.4 is 0 Å². The second-order valence-electron chi connectivity index (χ2n) is 5.40. The Kier molecular flexibility index (Phi) is 3.04. The van der Waals surface area contributed by atoms with Crippen molar-refractivity contribution in [2.75, 3.05) is 0 Å². The van der Waals surface area contributed by atoms with Crippen molar-refractivity contribution in [2.24, 2.45) is 5.92 Å². The van der Waals surface area contributed by atoms with E-state index in [0.717, 1.165) is 5.56 Å². The van der Waals surface area contributed by atoms with Crippen LogP contribution in [0.2, 0.25) is 0 Å². The lowest BCUT2D eigenvalue weighted by molar-refractivity contribution is -0.142. The third-order valence-electron chi connectivity index (χ3n) is 4.20. The minimum atomic E-state index is -0.843. The number of carbonyl (C=O) groups is 3. The number of carboxylic acid groups (broad SMARTS) is 1. The Balaban J connectivity index is 1.87. The van der Waals surface area contributed by atoms with Crippen LogP contribution in [-0.4, -0.2) is 33.8 Å². The highest BCUT2D eigenvalue weighted by atomic mass is 16.4. The van der Waals surface area contributed by atoms with Crippen molar-refractivity contribution in [1.29, 1.82) is 0 Å². The predicted octanol–water partition coefficient (Wildman–Crippen LogP) is 1.46. The minimum Gasteiger partial charge on any atom is -0.481 e. The third kappa shape index (κ3) is 1.99. The Morgan fingerprint density at radius 2 is 1.95 bits per heavy atom. The lowest BCUT2D eigenvalue weighted by Crippen LogP contribution is -2.47. The molecule has 1 aliphatic carbocycles. The Morgan fingerprint density at radius 1 is 1.20 bits per heavy atom. The second kappa shape index (κ2) is 4.74. The maximum Gasteiger partial charge on any atom is 0.306 e. The summed E-state index contributed by atoms with van der Waals surface area (Å²) in [6.45, 7) is 0. The van der Waals surface area contributed by atoms with Crippen LogP contribution in [-0.2, 0) is 16.0 Å². The molecule has 5 nitrogen and oxygen atoms in total. The Bertz CT molecular complexity index is 595. The normalized spacial score (nSPS) is 25.7. The van der Waals surface area contributed by atoms with Crippen molar-refractivity contribution < 1.29 is 19.5 Å². The average molecular weight is 273 g/mol. The summed E-state index contributed by atoms with van der Waals surface area (Å²) in [5.74, 6) is -1.79. The van der Waals surface area contributed by atoms with Gasteiger partial charge in [-0.25, -0.2) is 0 Å². The van der Waals surface area contributed by atoms with Gasteiger partial charge in [-0.3, -0.25) is 19.3 Å². The van der Waals surface area contributed by atoms with Crippen molar-refractivity contribution in [3.63, 3.8) is 0 Å². The lowest BCUT2D eigenvalue weighted by atomic mass is 9.96. The number of nitrogens with zero attached hydrogens (tertiary/aromatic N) is 1. The van der Waals surface area contributed by atoms with Crippen molar-refractivity contribution in [2.45, 2.75) is 31.7 Å². The van der Waals surface area contributed by atoms with E-state index >= 15 is 0 Å². The van der Waals surface area contributed by atoms with Crippen molar-refractivity contribution >= 4 is 17.8 Å². The van der Waals surface area contributed by atoms with Crippen LogP contribution in [0.3, 0.4) is 0 Å². The summed E-state index contributed by atoms with van der Waals surface area (Å²) in [5, 5.41) is 9.03. The van der Waals surface area contributed by atoms with Gasteiger partial charge < -0.3 is 5.11 Å². The molecule has 2 atom stereocenters. The molecule has 0 radical (unpaired) electrons. The van der Waals surface area contributed by atoms with Crippen molar-refractivity contribution in [3.05, 3.63) is 35.4 Å². The summed E-state index contributed by atoms with van der Waals surface area (Å²) in [7, 11) is 0. The van der Waals surface area contributed by atoms with Gasteiger partial charge in [-0.15, -0.1) is 0 Å². The van der Waals surface area contributed by atoms with Gasteiger partial charge in [0.25, 0.3) is 5.91 Å². The molecule has 1 fully saturated rings. The summed E-state index contributed by atoms with van der Waals surface area (Å²) in [5.41, 5.74) is 1.32. The van der Waals surface area contributed by atoms with E-state index in [9.17, 15) is 14.4 Å². The number of rotatable bonds is 2. The van der Waals surface area contributed by atoms with Crippen molar-refractivity contribution in [1.82, 2.24) is 4.90 Å². The molecule has 5 heteroatoms. The lowest BCUT2D eigenvalue weighted by Gasteiger charge is -2.31. The van der Waals surface area contributed by atoms with Gasteiger partial charge in [0, 0.05) is 11.6 Å². The topological polar surface area (TPSA) is 74.7 Å². The van der Waals surface area contributed by atoms with Crippen LogP contribution >= 0.6 is 0 Å². The molecule has 1 aromatic carbocycles. The molecule has 1 aliphatic heterocycles. The molecule has 1 aromatic rings. The zero-order chi connectivity index (χ0) is 14.3. The summed E-state index contributed by atoms with van der Waals surface area (Å²) in [6.07, 6.45) is 1.69. The largest absolute Gasteiger partial charge is 0.481 e. The first-order valence-corrected chi connectivity index (χ1v) is 6.75. The second-order valence-corrected chi connectivity index (χ2v) is 5.40. The van der Waals surface area contributed by atoms with Crippen molar-refractivity contribution in [3.8, 4) is 0 Å². The quantitative estimate of drug-likeness (QED) is 0.828. The van der Waals surface area contributed by atoms with Gasteiger partial charge in [0.2, 0.25) is 5.91 Å². The number of fused-ring (bicyclic) bond motifs is 1. The van der Waals surface area contributed by atoms with E-state index in [1.165, 1.54) is 4.90 Å². The van der Waals surface area contributed by atoms with E-state index in [-0.39, 0.29) is 24.3 Å². The summed E-state index contributed by atoms with van der Waals surface area (Å²) in [4.78, 5) is 36.9. The number of carbonyl (C=O) groups excluding carboxylic acids is 2. The van der Waals surface area contributed by atoms with Gasteiger partial charge in [-0.05, 0) is 30.9 Å². The third-order valence-corrected chi connectivity index (χ3v) is 4.20. The monoisotopic (exact) mass is 273 g/mol. The molecular weight excluding hydrogens is 258 g/mol. The first-order valence-electron chi connectivity index (χ1n) is 6.75. The highest BCUT2D eigenvalue weighted by Gasteiger charge is 2.40. The first-order chi connectivity index (χ1) is 9.58. The van der Waals surface area contributed by atoms with Gasteiger partial charge in [0.15, 0.2) is 0 Å². The number of imide groups is 1. The molecule has 1 heterocycles. The van der Waals surface area contributed by atoms with Crippen LogP contribution in [0.25, 0.3) is 0 Å². The number of hydrogen-bond acceptors (Lipinski definition) is 3. The molecule has 2 amide bonds. The van der Waals surface area contributed by atoms with Crippen LogP contribution in [0.15, 0.2) is 24.3 Å². The van der Waals surface area contributed by atoms with Gasteiger partial charge >= 0.3 is 5.97 Å². The summed E-state index contributed by atoms with van der Waals surface area (Å²) < 4.78 is 0. The molecule has 104 valence electrons. The molecule has 2 unspecified atom stereocenters. The van der Waals surface area contributed by atoms with E-state index in [4.69, 9.17) is 5.11 Å². The zero-order valence-electron chi connectivity index (χ0n) is 10.9. The molecular formula is C15H15NO4. The number of benzene rings is 1. The van der Waals surface area contributed by atoms with Crippen LogP contribution in [0.5, 0.6) is 0 Å². The Morgan fingerprint density at radius 3 is 2.65 bits per heavy atom. The van der Waals surface area contributed by atoms with E-state index < -0.39 is 11.9 Å². The zero-order valence-corrected chi connectivity index (χ0v) is 10.9. The molecule has 0 aromatic heterocycles. The Labute approximate surface area is 116 Å². The number of aliphatic carboxylic acids is 1.